The van der Waals surface area contributed by atoms with E-state index in [4.69, 9.17) is 4.74 Å². The number of nitriles is 1. The summed E-state index contributed by atoms with van der Waals surface area (Å²) in [6.07, 6.45) is 7.02. The van der Waals surface area contributed by atoms with Crippen molar-refractivity contribution in [2.24, 2.45) is 28.3 Å². The van der Waals surface area contributed by atoms with Crippen LogP contribution in [0.3, 0.4) is 0 Å². The lowest BCUT2D eigenvalue weighted by Gasteiger charge is -2.56. The largest absolute Gasteiger partial charge is 0.496 e. The maximum Gasteiger partial charge on any atom is 0.280 e. The van der Waals surface area contributed by atoms with E-state index in [1.807, 2.05) is 12.1 Å². The smallest absolute Gasteiger partial charge is 0.280 e. The van der Waals surface area contributed by atoms with Crippen molar-refractivity contribution < 1.29 is 18.3 Å². The van der Waals surface area contributed by atoms with Gasteiger partial charge in [-0.1, -0.05) is 0 Å². The highest BCUT2D eigenvalue weighted by atomic mass is 32.2. The first kappa shape index (κ1) is 26.6. The molecule has 200 valence electrons. The molecule has 6 nitrogen and oxygen atoms in total. The molecule has 0 atom stereocenters. The Balaban J connectivity index is 1.23. The normalized spacial score (nSPS) is 25.6. The van der Waals surface area contributed by atoms with Crippen molar-refractivity contribution in [1.29, 1.82) is 5.26 Å². The summed E-state index contributed by atoms with van der Waals surface area (Å²) in [4.78, 5) is 16.8. The number of benzene rings is 1. The maximum absolute atomic E-state index is 13.3. The number of pyridine rings is 1. The van der Waals surface area contributed by atoms with Crippen LogP contribution in [0, 0.1) is 41.4 Å². The standard InChI is InChI=1S/C29H32F2N4O2S/c1-17-5-24(27(30)31)34-28(23(17)14-32)38-16-22-9-18(3-4-25(22)37-2)15-33-35-26(36)13-29-10-19-6-20(11-29)8-21(7-19)12-29/h3-5,9,15,19-21,27H,6-8,10-13,16H2,1-2H3,(H,35,36)/b33-15+. The van der Waals surface area contributed by atoms with Crippen LogP contribution >= 0.6 is 11.8 Å². The number of carbonyl (C=O) groups excluding carboxylic acids is 1. The summed E-state index contributed by atoms with van der Waals surface area (Å²) in [6, 6.07) is 8.83. The van der Waals surface area contributed by atoms with Gasteiger partial charge < -0.3 is 4.74 Å². The predicted octanol–water partition coefficient (Wildman–Crippen LogP) is 6.56. The minimum atomic E-state index is -2.71. The van der Waals surface area contributed by atoms with Crippen molar-refractivity contribution in [1.82, 2.24) is 10.4 Å². The second-order valence-electron chi connectivity index (χ2n) is 11.2. The van der Waals surface area contributed by atoms with E-state index in [1.165, 1.54) is 56.4 Å². The number of thioether (sulfide) groups is 1. The molecule has 1 N–H and O–H groups in total. The molecule has 1 amide bonds. The Morgan fingerprint density at radius 2 is 1.95 bits per heavy atom. The van der Waals surface area contributed by atoms with Gasteiger partial charge >= 0.3 is 0 Å². The van der Waals surface area contributed by atoms with E-state index in [-0.39, 0.29) is 27.6 Å². The highest BCUT2D eigenvalue weighted by Gasteiger charge is 2.51. The molecule has 4 aliphatic rings. The van der Waals surface area contributed by atoms with Gasteiger partial charge in [-0.15, -0.1) is 11.8 Å². The molecule has 4 bridgehead atoms. The Morgan fingerprint density at radius 3 is 2.55 bits per heavy atom. The lowest BCUT2D eigenvalue weighted by Crippen LogP contribution is -2.47. The van der Waals surface area contributed by atoms with E-state index in [1.54, 1.807) is 26.3 Å². The molecule has 0 saturated heterocycles. The summed E-state index contributed by atoms with van der Waals surface area (Å²) in [5.74, 6) is 3.35. The number of hydrogen-bond donors (Lipinski definition) is 1. The summed E-state index contributed by atoms with van der Waals surface area (Å²) < 4.78 is 32.0. The number of halogens is 2. The summed E-state index contributed by atoms with van der Waals surface area (Å²) in [5.41, 5.74) is 4.87. The van der Waals surface area contributed by atoms with Crippen LogP contribution in [0.4, 0.5) is 8.78 Å². The monoisotopic (exact) mass is 538 g/mol. The Labute approximate surface area is 226 Å². The van der Waals surface area contributed by atoms with E-state index in [0.29, 0.717) is 23.5 Å². The number of methoxy groups -OCH3 is 1. The van der Waals surface area contributed by atoms with Crippen LogP contribution in [-0.4, -0.2) is 24.2 Å². The van der Waals surface area contributed by atoms with Crippen LogP contribution in [0.1, 0.15) is 79.3 Å². The Morgan fingerprint density at radius 1 is 1.26 bits per heavy atom. The van der Waals surface area contributed by atoms with Gasteiger partial charge in [0, 0.05) is 17.7 Å². The van der Waals surface area contributed by atoms with Gasteiger partial charge in [-0.2, -0.15) is 10.4 Å². The first-order valence-corrected chi connectivity index (χ1v) is 14.1. The average molecular weight is 539 g/mol. The number of alkyl halides is 2. The molecule has 6 rings (SSSR count). The van der Waals surface area contributed by atoms with E-state index < -0.39 is 6.43 Å². The van der Waals surface area contributed by atoms with Gasteiger partial charge in [0.1, 0.15) is 22.5 Å². The van der Waals surface area contributed by atoms with Crippen molar-refractivity contribution in [3.05, 3.63) is 52.2 Å². The summed E-state index contributed by atoms with van der Waals surface area (Å²) >= 11 is 1.21. The SMILES string of the molecule is COc1ccc(/C=N/NC(=O)CC23CC4CC(CC(C4)C2)C3)cc1CSc1nc(C(F)F)cc(C)c1C#N. The number of hydrazone groups is 1. The van der Waals surface area contributed by atoms with Gasteiger partial charge in [-0.25, -0.2) is 19.2 Å². The number of nitrogens with one attached hydrogen (secondary N) is 1. The Kier molecular flexibility index (Phi) is 7.71. The molecule has 1 aromatic carbocycles. The van der Waals surface area contributed by atoms with Gasteiger partial charge in [-0.3, -0.25) is 4.79 Å². The highest BCUT2D eigenvalue weighted by Crippen LogP contribution is 2.61. The number of amides is 1. The molecular formula is C29H32F2N4O2S. The zero-order valence-electron chi connectivity index (χ0n) is 21.7. The summed E-state index contributed by atoms with van der Waals surface area (Å²) in [7, 11) is 1.56. The van der Waals surface area contributed by atoms with Gasteiger partial charge in [0.2, 0.25) is 5.91 Å². The quantitative estimate of drug-likeness (QED) is 0.222. The van der Waals surface area contributed by atoms with Gasteiger partial charge in [0.05, 0.1) is 18.9 Å². The van der Waals surface area contributed by atoms with Crippen LogP contribution in [0.2, 0.25) is 0 Å². The Bertz CT molecular complexity index is 1250. The fourth-order valence-corrected chi connectivity index (χ4v) is 8.26. The number of ether oxygens (including phenoxy) is 1. The summed E-state index contributed by atoms with van der Waals surface area (Å²) in [6.45, 7) is 1.63. The molecule has 2 aromatic rings. The number of nitrogens with zero attached hydrogens (tertiary/aromatic N) is 3. The third-order valence-corrected chi connectivity index (χ3v) is 9.34. The van der Waals surface area contributed by atoms with Crippen molar-refractivity contribution in [3.63, 3.8) is 0 Å². The molecular weight excluding hydrogens is 506 g/mol. The number of hydrogen-bond acceptors (Lipinski definition) is 6. The fraction of sp³-hybridized carbons (Fsp3) is 0.517. The minimum Gasteiger partial charge on any atom is -0.496 e. The molecule has 0 spiro atoms. The third-order valence-electron chi connectivity index (χ3n) is 8.31. The average Bonchev–Trinajstić information content (AvgIpc) is 2.86. The maximum atomic E-state index is 13.3. The number of rotatable bonds is 9. The topological polar surface area (TPSA) is 87.4 Å². The van der Waals surface area contributed by atoms with E-state index in [0.717, 1.165) is 28.9 Å². The molecule has 1 aromatic heterocycles. The van der Waals surface area contributed by atoms with Crippen molar-refractivity contribution in [3.8, 4) is 11.8 Å². The fourth-order valence-electron chi connectivity index (χ4n) is 7.22. The van der Waals surface area contributed by atoms with Crippen LogP contribution in [0.5, 0.6) is 5.75 Å². The molecule has 38 heavy (non-hydrogen) atoms. The van der Waals surface area contributed by atoms with Gasteiger partial charge in [0.25, 0.3) is 6.43 Å². The first-order valence-electron chi connectivity index (χ1n) is 13.1. The third kappa shape index (κ3) is 5.70. The van der Waals surface area contributed by atoms with Crippen molar-refractivity contribution >= 4 is 23.9 Å². The summed E-state index contributed by atoms with van der Waals surface area (Å²) in [5, 5.41) is 14.0. The number of aryl methyl sites for hydroxylation is 1. The zero-order valence-corrected chi connectivity index (χ0v) is 22.5. The molecule has 4 fully saturated rings. The van der Waals surface area contributed by atoms with Crippen molar-refractivity contribution in [2.45, 2.75) is 69.1 Å². The number of carbonyl (C=O) groups is 1. The Hall–Kier alpha value is -2.99. The van der Waals surface area contributed by atoms with E-state index in [2.05, 4.69) is 21.6 Å². The van der Waals surface area contributed by atoms with E-state index in [9.17, 15) is 18.8 Å². The second kappa shape index (κ2) is 11.0. The van der Waals surface area contributed by atoms with Crippen LogP contribution in [-0.2, 0) is 10.5 Å². The number of aromatic nitrogens is 1. The minimum absolute atomic E-state index is 0.0307. The van der Waals surface area contributed by atoms with Crippen LogP contribution in [0.15, 0.2) is 34.4 Å². The second-order valence-corrected chi connectivity index (χ2v) is 12.2. The van der Waals surface area contributed by atoms with Gasteiger partial charge in [0.15, 0.2) is 0 Å². The van der Waals surface area contributed by atoms with E-state index >= 15 is 0 Å². The lowest BCUT2D eigenvalue weighted by atomic mass is 9.49. The molecule has 9 heteroatoms. The molecule has 0 aliphatic heterocycles. The van der Waals surface area contributed by atoms with Crippen LogP contribution < -0.4 is 10.2 Å². The lowest BCUT2D eigenvalue weighted by molar-refractivity contribution is -0.129. The zero-order chi connectivity index (χ0) is 26.9. The predicted molar refractivity (Wildman–Crippen MR) is 142 cm³/mol. The van der Waals surface area contributed by atoms with Crippen LogP contribution in [0.25, 0.3) is 0 Å². The van der Waals surface area contributed by atoms with Crippen molar-refractivity contribution in [2.75, 3.05) is 7.11 Å². The molecule has 0 radical (unpaired) electrons. The molecule has 4 saturated carbocycles. The van der Waals surface area contributed by atoms with Gasteiger partial charge in [-0.05, 0) is 104 Å². The molecule has 1 heterocycles. The first-order chi connectivity index (χ1) is 18.3. The highest BCUT2D eigenvalue weighted by molar-refractivity contribution is 7.98. The molecule has 0 unspecified atom stereocenters. The molecule has 4 aliphatic carbocycles.